The zero-order valence-corrected chi connectivity index (χ0v) is 16.4. The lowest BCUT2D eigenvalue weighted by atomic mass is 9.69. The first-order valence-corrected chi connectivity index (χ1v) is 10.8. The van der Waals surface area contributed by atoms with Crippen molar-refractivity contribution in [2.24, 2.45) is 29.6 Å². The van der Waals surface area contributed by atoms with Crippen LogP contribution in [0.4, 0.5) is 0 Å². The summed E-state index contributed by atoms with van der Waals surface area (Å²) >= 11 is 0. The summed E-state index contributed by atoms with van der Waals surface area (Å²) in [6, 6.07) is 0. The van der Waals surface area contributed by atoms with Crippen molar-refractivity contribution in [1.29, 1.82) is 0 Å². The molecule has 0 spiro atoms. The van der Waals surface area contributed by atoms with E-state index in [0.29, 0.717) is 6.10 Å². The van der Waals surface area contributed by atoms with Crippen molar-refractivity contribution in [1.82, 2.24) is 0 Å². The average molecular weight is 323 g/mol. The van der Waals surface area contributed by atoms with Crippen LogP contribution in [0.15, 0.2) is 0 Å². The van der Waals surface area contributed by atoms with Gasteiger partial charge in [-0.05, 0) is 55.8 Å². The number of unbranched alkanes of at least 4 members (excludes halogenated alkanes) is 1. The molecule has 0 aliphatic heterocycles. The van der Waals surface area contributed by atoms with E-state index in [2.05, 4.69) is 27.7 Å². The Labute approximate surface area is 146 Å². The predicted molar refractivity (Wildman–Crippen MR) is 101 cm³/mol. The van der Waals surface area contributed by atoms with Crippen molar-refractivity contribution >= 4 is 0 Å². The maximum Gasteiger partial charge on any atom is 0.0603 e. The van der Waals surface area contributed by atoms with Crippen molar-refractivity contribution in [3.05, 3.63) is 0 Å². The molecule has 136 valence electrons. The normalized spacial score (nSPS) is 38.6. The Balaban J connectivity index is 1.67. The van der Waals surface area contributed by atoms with E-state index in [1.165, 1.54) is 70.6 Å². The molecule has 2 fully saturated rings. The monoisotopic (exact) mass is 322 g/mol. The van der Waals surface area contributed by atoms with Crippen LogP contribution in [0.5, 0.6) is 0 Å². The Morgan fingerprint density at radius 3 is 2.00 bits per heavy atom. The molecule has 4 atom stereocenters. The molecule has 23 heavy (non-hydrogen) atoms. The summed E-state index contributed by atoms with van der Waals surface area (Å²) in [5, 5.41) is 0. The van der Waals surface area contributed by atoms with E-state index in [4.69, 9.17) is 4.74 Å². The second kappa shape index (κ2) is 10.1. The standard InChI is InChI=1S/C22H42O/c1-5-7-8-19-9-11-20(12-10-19)13-14-21-15-16-22(23-6-2)18(4)17(21)3/h17-22H,5-16H2,1-4H3. The van der Waals surface area contributed by atoms with E-state index < -0.39 is 0 Å². The molecule has 2 aliphatic carbocycles. The molecule has 4 unspecified atom stereocenters. The van der Waals surface area contributed by atoms with Gasteiger partial charge in [0, 0.05) is 6.61 Å². The highest BCUT2D eigenvalue weighted by atomic mass is 16.5. The van der Waals surface area contributed by atoms with Crippen LogP contribution in [0.25, 0.3) is 0 Å². The highest BCUT2D eigenvalue weighted by molar-refractivity contribution is 4.84. The lowest BCUT2D eigenvalue weighted by molar-refractivity contribution is -0.0382. The molecule has 2 rings (SSSR count). The van der Waals surface area contributed by atoms with Gasteiger partial charge in [0.25, 0.3) is 0 Å². The summed E-state index contributed by atoms with van der Waals surface area (Å²) < 4.78 is 5.95. The molecule has 0 bridgehead atoms. The highest BCUT2D eigenvalue weighted by Gasteiger charge is 2.34. The lowest BCUT2D eigenvalue weighted by Gasteiger charge is -2.40. The smallest absolute Gasteiger partial charge is 0.0603 e. The Bertz CT molecular complexity index is 305. The topological polar surface area (TPSA) is 9.23 Å². The number of rotatable bonds is 8. The van der Waals surface area contributed by atoms with Gasteiger partial charge in [-0.15, -0.1) is 0 Å². The minimum atomic E-state index is 0.528. The third kappa shape index (κ3) is 5.76. The second-order valence-corrected chi connectivity index (χ2v) is 8.66. The van der Waals surface area contributed by atoms with E-state index >= 15 is 0 Å². The zero-order valence-electron chi connectivity index (χ0n) is 16.4. The first-order chi connectivity index (χ1) is 11.2. The molecule has 2 saturated carbocycles. The molecule has 0 aromatic rings. The molecule has 0 aromatic heterocycles. The number of hydrogen-bond acceptors (Lipinski definition) is 1. The zero-order chi connectivity index (χ0) is 16.7. The fraction of sp³-hybridized carbons (Fsp3) is 1.00. The molecule has 0 saturated heterocycles. The maximum absolute atomic E-state index is 5.95. The summed E-state index contributed by atoms with van der Waals surface area (Å²) in [6.07, 6.45) is 16.6. The summed E-state index contributed by atoms with van der Waals surface area (Å²) in [5.74, 6) is 4.66. The SMILES string of the molecule is CCCCC1CCC(CCC2CCC(OCC)C(C)C2C)CC1. The van der Waals surface area contributed by atoms with Crippen molar-refractivity contribution in [2.75, 3.05) is 6.61 Å². The lowest BCUT2D eigenvalue weighted by Crippen LogP contribution is -2.36. The Morgan fingerprint density at radius 2 is 1.39 bits per heavy atom. The fourth-order valence-corrected chi connectivity index (χ4v) is 5.28. The third-order valence-corrected chi connectivity index (χ3v) is 7.24. The molecule has 0 amide bonds. The van der Waals surface area contributed by atoms with Crippen LogP contribution in [0, 0.1) is 29.6 Å². The van der Waals surface area contributed by atoms with Gasteiger partial charge in [-0.25, -0.2) is 0 Å². The molecule has 0 N–H and O–H groups in total. The Kier molecular flexibility index (Phi) is 8.44. The first kappa shape index (κ1) is 19.3. The molecule has 1 nitrogen and oxygen atoms in total. The summed E-state index contributed by atoms with van der Waals surface area (Å²) in [6.45, 7) is 10.3. The molecular formula is C22H42O. The van der Waals surface area contributed by atoms with Gasteiger partial charge in [-0.2, -0.15) is 0 Å². The molecule has 1 heteroatoms. The summed E-state index contributed by atoms with van der Waals surface area (Å²) in [4.78, 5) is 0. The van der Waals surface area contributed by atoms with Crippen molar-refractivity contribution in [2.45, 2.75) is 104 Å². The number of hydrogen-bond donors (Lipinski definition) is 0. The third-order valence-electron chi connectivity index (χ3n) is 7.24. The van der Waals surface area contributed by atoms with E-state index in [-0.39, 0.29) is 0 Å². The van der Waals surface area contributed by atoms with Gasteiger partial charge in [-0.1, -0.05) is 72.1 Å². The van der Waals surface area contributed by atoms with Gasteiger partial charge >= 0.3 is 0 Å². The van der Waals surface area contributed by atoms with Crippen LogP contribution in [-0.2, 0) is 4.74 Å². The van der Waals surface area contributed by atoms with Crippen molar-refractivity contribution in [3.8, 4) is 0 Å². The Morgan fingerprint density at radius 1 is 0.739 bits per heavy atom. The van der Waals surface area contributed by atoms with Crippen LogP contribution in [0.2, 0.25) is 0 Å². The van der Waals surface area contributed by atoms with Gasteiger partial charge in [0.15, 0.2) is 0 Å². The molecule has 0 aromatic carbocycles. The van der Waals surface area contributed by atoms with Gasteiger partial charge in [0.05, 0.1) is 6.10 Å². The largest absolute Gasteiger partial charge is 0.378 e. The van der Waals surface area contributed by atoms with Crippen LogP contribution in [-0.4, -0.2) is 12.7 Å². The van der Waals surface area contributed by atoms with E-state index in [1.54, 1.807) is 0 Å². The van der Waals surface area contributed by atoms with Gasteiger partial charge < -0.3 is 4.74 Å². The van der Waals surface area contributed by atoms with E-state index in [0.717, 1.165) is 36.2 Å². The molecule has 0 radical (unpaired) electrons. The summed E-state index contributed by atoms with van der Waals surface area (Å²) in [7, 11) is 0. The minimum Gasteiger partial charge on any atom is -0.378 e. The van der Waals surface area contributed by atoms with Gasteiger partial charge in [0.2, 0.25) is 0 Å². The van der Waals surface area contributed by atoms with Crippen molar-refractivity contribution < 1.29 is 4.74 Å². The van der Waals surface area contributed by atoms with Crippen LogP contribution >= 0.6 is 0 Å². The molecule has 0 heterocycles. The fourth-order valence-electron chi connectivity index (χ4n) is 5.28. The molecular weight excluding hydrogens is 280 g/mol. The van der Waals surface area contributed by atoms with E-state index in [1.807, 2.05) is 0 Å². The minimum absolute atomic E-state index is 0.528. The van der Waals surface area contributed by atoms with E-state index in [9.17, 15) is 0 Å². The average Bonchev–Trinajstić information content (AvgIpc) is 2.57. The summed E-state index contributed by atoms with van der Waals surface area (Å²) in [5.41, 5.74) is 0. The predicted octanol–water partition coefficient (Wildman–Crippen LogP) is 6.85. The van der Waals surface area contributed by atoms with Crippen LogP contribution in [0.1, 0.15) is 98.3 Å². The molecule has 2 aliphatic rings. The van der Waals surface area contributed by atoms with Crippen LogP contribution < -0.4 is 0 Å². The highest BCUT2D eigenvalue weighted by Crippen LogP contribution is 2.41. The van der Waals surface area contributed by atoms with Gasteiger partial charge in [0.1, 0.15) is 0 Å². The first-order valence-electron chi connectivity index (χ1n) is 10.8. The van der Waals surface area contributed by atoms with Gasteiger partial charge in [-0.3, -0.25) is 0 Å². The van der Waals surface area contributed by atoms with Crippen LogP contribution in [0.3, 0.4) is 0 Å². The van der Waals surface area contributed by atoms with Crippen molar-refractivity contribution in [3.63, 3.8) is 0 Å². The number of ether oxygens (including phenoxy) is 1. The second-order valence-electron chi connectivity index (χ2n) is 8.66. The maximum atomic E-state index is 5.95. The Hall–Kier alpha value is -0.0400. The quantitative estimate of drug-likeness (QED) is 0.475.